The van der Waals surface area contributed by atoms with Gasteiger partial charge >= 0.3 is 5.63 Å². The van der Waals surface area contributed by atoms with Crippen molar-refractivity contribution in [2.24, 2.45) is 0 Å². The van der Waals surface area contributed by atoms with E-state index in [0.717, 1.165) is 4.47 Å². The first-order chi connectivity index (χ1) is 7.50. The van der Waals surface area contributed by atoms with Gasteiger partial charge in [-0.3, -0.25) is 4.79 Å². The van der Waals surface area contributed by atoms with Gasteiger partial charge < -0.3 is 9.52 Å². The molecule has 1 N–H and O–H groups in total. The second-order valence-corrected chi connectivity index (χ2v) is 4.23. The van der Waals surface area contributed by atoms with E-state index >= 15 is 0 Å². The molecule has 0 atom stereocenters. The number of benzene rings is 1. The van der Waals surface area contributed by atoms with Crippen molar-refractivity contribution in [2.75, 3.05) is 0 Å². The Hall–Kier alpha value is -1.62. The fraction of sp³-hybridized carbons (Fsp3) is 0.0909. The maximum Gasteiger partial charge on any atom is 0.351 e. The average Bonchev–Trinajstić information content (AvgIpc) is 2.19. The summed E-state index contributed by atoms with van der Waals surface area (Å²) in [5, 5.41) is 10.2. The Morgan fingerprint density at radius 3 is 2.75 bits per heavy atom. The minimum Gasteiger partial charge on any atom is -0.506 e. The summed E-state index contributed by atoms with van der Waals surface area (Å²) in [5.41, 5.74) is -0.888. The van der Waals surface area contributed by atoms with E-state index in [9.17, 15) is 14.7 Å². The van der Waals surface area contributed by atoms with Crippen molar-refractivity contribution in [3.8, 4) is 5.75 Å². The third-order valence-corrected chi connectivity index (χ3v) is 2.69. The summed E-state index contributed by atoms with van der Waals surface area (Å²) < 4.78 is 5.65. The van der Waals surface area contributed by atoms with E-state index in [1.54, 1.807) is 18.2 Å². The standard InChI is InChI=1S/C11H7BrO4/c1-5(13)9-10(14)7-4-6(12)2-3-8(7)16-11(9)15/h2-4,14H,1H3. The number of rotatable bonds is 1. The largest absolute Gasteiger partial charge is 0.506 e. The predicted molar refractivity (Wildman–Crippen MR) is 61.9 cm³/mol. The van der Waals surface area contributed by atoms with Gasteiger partial charge in [0.1, 0.15) is 16.9 Å². The van der Waals surface area contributed by atoms with Crippen LogP contribution in [0.4, 0.5) is 0 Å². The summed E-state index contributed by atoms with van der Waals surface area (Å²) in [5.74, 6) is -0.854. The number of hydrogen-bond acceptors (Lipinski definition) is 4. The van der Waals surface area contributed by atoms with E-state index in [1.165, 1.54) is 6.92 Å². The molecule has 0 amide bonds. The highest BCUT2D eigenvalue weighted by molar-refractivity contribution is 9.10. The predicted octanol–water partition coefficient (Wildman–Crippen LogP) is 2.46. The Morgan fingerprint density at radius 1 is 1.44 bits per heavy atom. The molecule has 0 aliphatic heterocycles. The summed E-state index contributed by atoms with van der Waals surface area (Å²) in [6, 6.07) is 4.81. The molecule has 0 aliphatic rings. The van der Waals surface area contributed by atoms with Gasteiger partial charge in [0, 0.05) is 4.47 Å². The van der Waals surface area contributed by atoms with Crippen LogP contribution >= 0.6 is 15.9 Å². The van der Waals surface area contributed by atoms with Crippen LogP contribution in [0.1, 0.15) is 17.3 Å². The van der Waals surface area contributed by atoms with Crippen molar-refractivity contribution < 1.29 is 14.3 Å². The Morgan fingerprint density at radius 2 is 2.12 bits per heavy atom. The van der Waals surface area contributed by atoms with E-state index in [4.69, 9.17) is 4.42 Å². The molecule has 0 fully saturated rings. The zero-order chi connectivity index (χ0) is 11.9. The van der Waals surface area contributed by atoms with Crippen LogP contribution in [0, 0.1) is 0 Å². The second kappa shape index (κ2) is 3.75. The van der Waals surface area contributed by atoms with Crippen molar-refractivity contribution in [2.45, 2.75) is 6.92 Å². The molecule has 16 heavy (non-hydrogen) atoms. The van der Waals surface area contributed by atoms with Crippen LogP contribution in [0.15, 0.2) is 31.9 Å². The third kappa shape index (κ3) is 1.63. The SMILES string of the molecule is CC(=O)c1c(O)c2cc(Br)ccc2oc1=O. The monoisotopic (exact) mass is 282 g/mol. The zero-order valence-corrected chi connectivity index (χ0v) is 9.87. The number of carbonyl (C=O) groups is 1. The Labute approximate surface area is 98.6 Å². The quantitative estimate of drug-likeness (QED) is 0.644. The van der Waals surface area contributed by atoms with Crippen LogP contribution in [-0.4, -0.2) is 10.9 Å². The molecular weight excluding hydrogens is 276 g/mol. The van der Waals surface area contributed by atoms with Gasteiger partial charge in [0.25, 0.3) is 0 Å². The molecule has 1 heterocycles. The summed E-state index contributed by atoms with van der Waals surface area (Å²) in [6.07, 6.45) is 0. The smallest absolute Gasteiger partial charge is 0.351 e. The highest BCUT2D eigenvalue weighted by Gasteiger charge is 2.17. The average molecular weight is 283 g/mol. The maximum atomic E-state index is 11.4. The van der Waals surface area contributed by atoms with Gasteiger partial charge in [-0.05, 0) is 25.1 Å². The Kier molecular flexibility index (Phi) is 2.55. The van der Waals surface area contributed by atoms with Gasteiger partial charge in [-0.2, -0.15) is 0 Å². The summed E-state index contributed by atoms with van der Waals surface area (Å²) in [6.45, 7) is 1.20. The summed E-state index contributed by atoms with van der Waals surface area (Å²) in [7, 11) is 0. The number of Topliss-reactive ketones (excluding diaryl/α,β-unsaturated/α-hetero) is 1. The first-order valence-corrected chi connectivity index (χ1v) is 5.26. The lowest BCUT2D eigenvalue weighted by Gasteiger charge is -2.03. The molecule has 0 radical (unpaired) electrons. The highest BCUT2D eigenvalue weighted by atomic mass is 79.9. The van der Waals surface area contributed by atoms with Gasteiger partial charge in [-0.1, -0.05) is 15.9 Å². The molecule has 2 rings (SSSR count). The Balaban J connectivity index is 2.96. The molecule has 0 saturated heterocycles. The number of hydrogen-bond donors (Lipinski definition) is 1. The van der Waals surface area contributed by atoms with E-state index in [0.29, 0.717) is 5.39 Å². The highest BCUT2D eigenvalue weighted by Crippen LogP contribution is 2.28. The normalized spacial score (nSPS) is 10.6. The lowest BCUT2D eigenvalue weighted by Crippen LogP contribution is -2.11. The molecule has 0 aliphatic carbocycles. The van der Waals surface area contributed by atoms with Gasteiger partial charge in [0.05, 0.1) is 5.39 Å². The minimum absolute atomic E-state index is 0.246. The van der Waals surface area contributed by atoms with Gasteiger partial charge in [0.2, 0.25) is 0 Å². The lowest BCUT2D eigenvalue weighted by molar-refractivity contribution is 0.101. The number of ketones is 1. The number of carbonyl (C=O) groups excluding carboxylic acids is 1. The van der Waals surface area contributed by atoms with Crippen LogP contribution in [0.25, 0.3) is 11.0 Å². The fourth-order valence-corrected chi connectivity index (χ4v) is 1.83. The van der Waals surface area contributed by atoms with Crippen molar-refractivity contribution in [1.82, 2.24) is 0 Å². The van der Waals surface area contributed by atoms with Gasteiger partial charge in [0.15, 0.2) is 5.78 Å². The van der Waals surface area contributed by atoms with Crippen LogP contribution in [0.5, 0.6) is 5.75 Å². The van der Waals surface area contributed by atoms with Gasteiger partial charge in [-0.25, -0.2) is 4.79 Å². The molecule has 4 nitrogen and oxygen atoms in total. The van der Waals surface area contributed by atoms with E-state index in [1.807, 2.05) is 0 Å². The molecule has 1 aromatic carbocycles. The lowest BCUT2D eigenvalue weighted by atomic mass is 10.1. The molecule has 0 saturated carbocycles. The maximum absolute atomic E-state index is 11.4. The topological polar surface area (TPSA) is 67.5 Å². The number of aromatic hydroxyl groups is 1. The summed E-state index contributed by atoms with van der Waals surface area (Å²) in [4.78, 5) is 22.6. The molecule has 82 valence electrons. The first-order valence-electron chi connectivity index (χ1n) is 4.47. The first kappa shape index (κ1) is 10.9. The molecule has 0 unspecified atom stereocenters. The van der Waals surface area contributed by atoms with E-state index < -0.39 is 11.4 Å². The number of fused-ring (bicyclic) bond motifs is 1. The molecule has 1 aromatic heterocycles. The second-order valence-electron chi connectivity index (χ2n) is 3.31. The van der Waals surface area contributed by atoms with Crippen molar-refractivity contribution in [3.05, 3.63) is 38.7 Å². The van der Waals surface area contributed by atoms with Crippen molar-refractivity contribution in [1.29, 1.82) is 0 Å². The van der Waals surface area contributed by atoms with Crippen LogP contribution in [0.2, 0.25) is 0 Å². The third-order valence-electron chi connectivity index (χ3n) is 2.19. The molecular formula is C11H7BrO4. The van der Waals surface area contributed by atoms with Gasteiger partial charge in [-0.15, -0.1) is 0 Å². The van der Waals surface area contributed by atoms with Crippen LogP contribution < -0.4 is 5.63 Å². The zero-order valence-electron chi connectivity index (χ0n) is 8.28. The molecule has 2 aromatic rings. The molecule has 0 spiro atoms. The van der Waals surface area contributed by atoms with Crippen LogP contribution in [-0.2, 0) is 0 Å². The molecule has 5 heteroatoms. The van der Waals surface area contributed by atoms with Crippen molar-refractivity contribution in [3.63, 3.8) is 0 Å². The minimum atomic E-state index is -0.820. The van der Waals surface area contributed by atoms with Crippen LogP contribution in [0.3, 0.4) is 0 Å². The summed E-state index contributed by atoms with van der Waals surface area (Å²) >= 11 is 3.23. The van der Waals surface area contributed by atoms with E-state index in [2.05, 4.69) is 15.9 Å². The fourth-order valence-electron chi connectivity index (χ4n) is 1.47. The van der Waals surface area contributed by atoms with Crippen molar-refractivity contribution >= 4 is 32.7 Å². The number of halogens is 1. The Bertz CT molecular complexity index is 642. The molecule has 0 bridgehead atoms. The van der Waals surface area contributed by atoms with E-state index in [-0.39, 0.29) is 16.9 Å².